The van der Waals surface area contributed by atoms with Crippen molar-refractivity contribution < 1.29 is 19.5 Å². The van der Waals surface area contributed by atoms with Gasteiger partial charge in [-0.2, -0.15) is 0 Å². The first-order chi connectivity index (χ1) is 5.49. The van der Waals surface area contributed by atoms with Crippen LogP contribution in [-0.2, 0) is 14.4 Å². The summed E-state index contributed by atoms with van der Waals surface area (Å²) >= 11 is 0. The number of carboxylic acid groups (broad SMARTS) is 1. The molecule has 0 atom stereocenters. The molecule has 0 fully saturated rings. The van der Waals surface area contributed by atoms with Crippen molar-refractivity contribution in [1.82, 2.24) is 5.43 Å². The highest BCUT2D eigenvalue weighted by Crippen LogP contribution is 1.95. The predicted octanol–water partition coefficient (Wildman–Crippen LogP) is -1.42. The minimum Gasteiger partial charge on any atom is -0.478 e. The van der Waals surface area contributed by atoms with Gasteiger partial charge < -0.3 is 5.11 Å². The van der Waals surface area contributed by atoms with Gasteiger partial charge in [-0.3, -0.25) is 15.0 Å². The van der Waals surface area contributed by atoms with E-state index in [0.29, 0.717) is 6.08 Å². The summed E-state index contributed by atoms with van der Waals surface area (Å²) in [6.07, 6.45) is 0.504. The molecule has 0 aliphatic carbocycles. The number of hydrogen-bond donors (Lipinski definition) is 3. The standard InChI is InChI=1S/C6H8N2O4/c1-3(9)4(2-5(10)11)6(12)8-7/h2H,7H2,1H3,(H,8,12)(H,10,11)/b4-2-. The van der Waals surface area contributed by atoms with E-state index in [1.165, 1.54) is 0 Å². The topological polar surface area (TPSA) is 109 Å². The first-order valence-electron chi connectivity index (χ1n) is 2.95. The summed E-state index contributed by atoms with van der Waals surface area (Å²) in [5.41, 5.74) is 1.18. The van der Waals surface area contributed by atoms with Crippen LogP contribution in [0.5, 0.6) is 0 Å². The minimum absolute atomic E-state index is 0.481. The number of rotatable bonds is 3. The van der Waals surface area contributed by atoms with Crippen molar-refractivity contribution in [1.29, 1.82) is 0 Å². The molecule has 0 saturated carbocycles. The van der Waals surface area contributed by atoms with Crippen LogP contribution < -0.4 is 11.3 Å². The highest BCUT2D eigenvalue weighted by Gasteiger charge is 2.14. The van der Waals surface area contributed by atoms with E-state index < -0.39 is 23.2 Å². The second-order valence-electron chi connectivity index (χ2n) is 1.93. The third-order valence-corrected chi connectivity index (χ3v) is 1.02. The maximum absolute atomic E-state index is 10.7. The number of hydrogen-bond acceptors (Lipinski definition) is 4. The number of Topliss-reactive ketones (excluding diaryl/α,β-unsaturated/α-hetero) is 1. The van der Waals surface area contributed by atoms with Crippen LogP contribution in [-0.4, -0.2) is 22.8 Å². The van der Waals surface area contributed by atoms with Crippen molar-refractivity contribution in [3.05, 3.63) is 11.6 Å². The maximum atomic E-state index is 10.7. The molecule has 0 aromatic heterocycles. The molecule has 1 amide bonds. The Morgan fingerprint density at radius 1 is 1.42 bits per heavy atom. The van der Waals surface area contributed by atoms with Gasteiger partial charge in [0.25, 0.3) is 5.91 Å². The Hall–Kier alpha value is -1.69. The Labute approximate surface area is 68.0 Å². The SMILES string of the molecule is CC(=O)/C(=C/C(=O)O)C(=O)NN. The van der Waals surface area contributed by atoms with Gasteiger partial charge in [-0.1, -0.05) is 0 Å². The van der Waals surface area contributed by atoms with Crippen LogP contribution >= 0.6 is 0 Å². The van der Waals surface area contributed by atoms with Gasteiger partial charge in [-0.25, -0.2) is 10.6 Å². The van der Waals surface area contributed by atoms with Gasteiger partial charge in [-0.05, 0) is 6.92 Å². The lowest BCUT2D eigenvalue weighted by Crippen LogP contribution is -2.33. The van der Waals surface area contributed by atoms with Gasteiger partial charge in [0.1, 0.15) is 0 Å². The summed E-state index contributed by atoms with van der Waals surface area (Å²) in [6, 6.07) is 0. The highest BCUT2D eigenvalue weighted by atomic mass is 16.4. The number of carbonyl (C=O) groups excluding carboxylic acids is 2. The van der Waals surface area contributed by atoms with E-state index in [2.05, 4.69) is 0 Å². The second kappa shape index (κ2) is 4.24. The monoisotopic (exact) mass is 172 g/mol. The fourth-order valence-electron chi connectivity index (χ4n) is 0.528. The minimum atomic E-state index is -1.37. The summed E-state index contributed by atoms with van der Waals surface area (Å²) < 4.78 is 0. The van der Waals surface area contributed by atoms with Gasteiger partial charge in [0.2, 0.25) is 0 Å². The average molecular weight is 172 g/mol. The van der Waals surface area contributed by atoms with Gasteiger partial charge in [0, 0.05) is 6.08 Å². The molecule has 0 aliphatic rings. The molecule has 0 spiro atoms. The Bertz CT molecular complexity index is 256. The molecule has 6 nitrogen and oxygen atoms in total. The number of hydrazine groups is 1. The molecule has 0 rings (SSSR count). The van der Waals surface area contributed by atoms with E-state index >= 15 is 0 Å². The lowest BCUT2D eigenvalue weighted by Gasteiger charge is -1.98. The molecule has 4 N–H and O–H groups in total. The molecular formula is C6H8N2O4. The van der Waals surface area contributed by atoms with Crippen molar-refractivity contribution in [2.24, 2.45) is 5.84 Å². The van der Waals surface area contributed by atoms with Crippen molar-refractivity contribution >= 4 is 17.7 Å². The Kier molecular flexibility index (Phi) is 3.65. The highest BCUT2D eigenvalue weighted by molar-refractivity contribution is 6.20. The molecule has 0 unspecified atom stereocenters. The number of nitrogens with one attached hydrogen (secondary N) is 1. The lowest BCUT2D eigenvalue weighted by molar-refractivity contribution is -0.132. The molecule has 12 heavy (non-hydrogen) atoms. The fourth-order valence-corrected chi connectivity index (χ4v) is 0.528. The summed E-state index contributed by atoms with van der Waals surface area (Å²) in [5, 5.41) is 8.23. The Morgan fingerprint density at radius 3 is 2.17 bits per heavy atom. The molecule has 66 valence electrons. The zero-order chi connectivity index (χ0) is 9.72. The molecule has 0 saturated heterocycles. The van der Waals surface area contributed by atoms with Crippen molar-refractivity contribution in [3.8, 4) is 0 Å². The first-order valence-corrected chi connectivity index (χ1v) is 2.95. The van der Waals surface area contributed by atoms with Crippen LogP contribution in [0.4, 0.5) is 0 Å². The number of ketones is 1. The molecule has 0 heterocycles. The number of nitrogens with two attached hydrogens (primary N) is 1. The smallest absolute Gasteiger partial charge is 0.329 e. The summed E-state index contributed by atoms with van der Waals surface area (Å²) in [7, 11) is 0. The number of amides is 1. The van der Waals surface area contributed by atoms with Crippen molar-refractivity contribution in [3.63, 3.8) is 0 Å². The molecule has 6 heteroatoms. The normalized spacial score (nSPS) is 10.7. The first kappa shape index (κ1) is 10.3. The molecular weight excluding hydrogens is 164 g/mol. The average Bonchev–Trinajstić information content (AvgIpc) is 1.98. The van der Waals surface area contributed by atoms with Crippen LogP contribution in [0.1, 0.15) is 6.92 Å². The van der Waals surface area contributed by atoms with Crippen LogP contribution in [0.3, 0.4) is 0 Å². The van der Waals surface area contributed by atoms with Crippen molar-refractivity contribution in [2.75, 3.05) is 0 Å². The third-order valence-electron chi connectivity index (χ3n) is 1.02. The molecule has 0 aliphatic heterocycles. The van der Waals surface area contributed by atoms with Gasteiger partial charge in [-0.15, -0.1) is 0 Å². The molecule has 0 aromatic carbocycles. The second-order valence-corrected chi connectivity index (χ2v) is 1.93. The van der Waals surface area contributed by atoms with Gasteiger partial charge in [0.05, 0.1) is 5.57 Å². The van der Waals surface area contributed by atoms with Crippen LogP contribution in [0.2, 0.25) is 0 Å². The lowest BCUT2D eigenvalue weighted by atomic mass is 10.1. The predicted molar refractivity (Wildman–Crippen MR) is 38.7 cm³/mol. The summed E-state index contributed by atoms with van der Waals surface area (Å²) in [5.74, 6) is 1.76. The van der Waals surface area contributed by atoms with Crippen LogP contribution in [0, 0.1) is 0 Å². The zero-order valence-electron chi connectivity index (χ0n) is 6.33. The quantitative estimate of drug-likeness (QED) is 0.121. The van der Waals surface area contributed by atoms with Crippen molar-refractivity contribution in [2.45, 2.75) is 6.92 Å². The maximum Gasteiger partial charge on any atom is 0.329 e. The molecule has 0 bridgehead atoms. The fraction of sp³-hybridized carbons (Fsp3) is 0.167. The van der Waals surface area contributed by atoms with E-state index in [0.717, 1.165) is 6.92 Å². The van der Waals surface area contributed by atoms with Crippen LogP contribution in [0.25, 0.3) is 0 Å². The van der Waals surface area contributed by atoms with Gasteiger partial charge >= 0.3 is 5.97 Å². The van der Waals surface area contributed by atoms with Crippen LogP contribution in [0.15, 0.2) is 11.6 Å². The van der Waals surface area contributed by atoms with E-state index in [1.807, 2.05) is 0 Å². The van der Waals surface area contributed by atoms with E-state index in [9.17, 15) is 14.4 Å². The van der Waals surface area contributed by atoms with Gasteiger partial charge in [0.15, 0.2) is 5.78 Å². The third kappa shape index (κ3) is 2.93. The summed E-state index contributed by atoms with van der Waals surface area (Å²) in [6.45, 7) is 1.07. The van der Waals surface area contributed by atoms with E-state index in [4.69, 9.17) is 10.9 Å². The largest absolute Gasteiger partial charge is 0.478 e. The molecule has 0 aromatic rings. The van der Waals surface area contributed by atoms with E-state index in [-0.39, 0.29) is 0 Å². The molecule has 0 radical (unpaired) electrons. The Morgan fingerprint density at radius 2 is 1.92 bits per heavy atom. The summed E-state index contributed by atoms with van der Waals surface area (Å²) in [4.78, 5) is 31.4. The van der Waals surface area contributed by atoms with E-state index in [1.54, 1.807) is 5.43 Å². The Balaban J connectivity index is 4.79. The number of aliphatic carboxylic acids is 1. The number of carbonyl (C=O) groups is 3. The number of carboxylic acids is 1. The zero-order valence-corrected chi connectivity index (χ0v) is 6.33.